The molecule has 0 saturated carbocycles. The van der Waals surface area contributed by atoms with E-state index in [1.807, 2.05) is 47.4 Å². The lowest BCUT2D eigenvalue weighted by molar-refractivity contribution is 0.0666. The fourth-order valence-electron chi connectivity index (χ4n) is 6.78. The molecule has 190 valence electrons. The third-order valence-electron chi connectivity index (χ3n) is 8.32. The van der Waals surface area contributed by atoms with Gasteiger partial charge < -0.3 is 4.90 Å². The van der Waals surface area contributed by atoms with Gasteiger partial charge in [-0.15, -0.1) is 0 Å². The Balaban J connectivity index is 1.55. The Bertz CT molecular complexity index is 1690. The highest BCUT2D eigenvalue weighted by atomic mass is 35.5. The van der Waals surface area contributed by atoms with Gasteiger partial charge in [-0.05, 0) is 53.6 Å². The van der Waals surface area contributed by atoms with E-state index >= 15 is 0 Å². The second-order valence-corrected chi connectivity index (χ2v) is 11.1. The molecule has 3 aliphatic rings. The second kappa shape index (κ2) is 8.77. The number of Topliss-reactive ketones (excluding diaryl/α,β-unsaturated/α-hetero) is 3. The van der Waals surface area contributed by atoms with Crippen molar-refractivity contribution in [1.29, 1.82) is 0 Å². The molecule has 1 fully saturated rings. The summed E-state index contributed by atoms with van der Waals surface area (Å²) in [6.07, 6.45) is 3.86. The van der Waals surface area contributed by atoms with E-state index < -0.39 is 23.4 Å². The van der Waals surface area contributed by atoms with Crippen LogP contribution in [0, 0.1) is 5.41 Å². The lowest BCUT2D eigenvalue weighted by Gasteiger charge is -2.37. The van der Waals surface area contributed by atoms with E-state index in [9.17, 15) is 14.4 Å². The van der Waals surface area contributed by atoms with Gasteiger partial charge in [0.2, 0.25) is 0 Å². The predicted octanol–water partition coefficient (Wildman–Crippen LogP) is 7.31. The first kappa shape index (κ1) is 24.1. The van der Waals surface area contributed by atoms with Gasteiger partial charge in [-0.2, -0.15) is 0 Å². The average molecular weight is 550 g/mol. The zero-order valence-corrected chi connectivity index (χ0v) is 22.1. The summed E-state index contributed by atoms with van der Waals surface area (Å²) in [5.74, 6) is -1.52. The van der Waals surface area contributed by atoms with Crippen LogP contribution in [0.4, 0.5) is 5.69 Å². The van der Waals surface area contributed by atoms with E-state index in [-0.39, 0.29) is 17.3 Å². The molecule has 0 bridgehead atoms. The first-order chi connectivity index (χ1) is 18.9. The standard InChI is InChI=1S/C33H21Cl2NO3/c34-22-15-12-20(13-16-22)30(37)29-28(21-7-5-8-23(35)18-21)33(31(38)24-9-2-3-10-25(24)32(33)39)27-17-14-19-6-1-4-11-26(19)36(27)29/h1-18,27-29H/t27-,28-,29+/m0/s1. The molecular weight excluding hydrogens is 529 g/mol. The fraction of sp³-hybridized carbons (Fsp3) is 0.121. The maximum atomic E-state index is 14.6. The molecule has 0 unspecified atom stereocenters. The summed E-state index contributed by atoms with van der Waals surface area (Å²) in [7, 11) is 0. The number of ketones is 3. The fourth-order valence-corrected chi connectivity index (χ4v) is 7.10. The molecule has 0 N–H and O–H groups in total. The minimum absolute atomic E-state index is 0.194. The van der Waals surface area contributed by atoms with E-state index in [1.54, 1.807) is 66.7 Å². The summed E-state index contributed by atoms with van der Waals surface area (Å²) in [6, 6.07) is 27.1. The van der Waals surface area contributed by atoms with Gasteiger partial charge in [-0.25, -0.2) is 0 Å². The van der Waals surface area contributed by atoms with Gasteiger partial charge in [0.25, 0.3) is 0 Å². The highest BCUT2D eigenvalue weighted by molar-refractivity contribution is 6.33. The number of fused-ring (bicyclic) bond motifs is 5. The Morgan fingerprint density at radius 3 is 2.10 bits per heavy atom. The van der Waals surface area contributed by atoms with Crippen LogP contribution in [0.25, 0.3) is 6.08 Å². The van der Waals surface area contributed by atoms with Crippen LogP contribution in [-0.2, 0) is 0 Å². The summed E-state index contributed by atoms with van der Waals surface area (Å²) in [4.78, 5) is 45.7. The Morgan fingerprint density at radius 2 is 1.41 bits per heavy atom. The molecule has 39 heavy (non-hydrogen) atoms. The first-order valence-electron chi connectivity index (χ1n) is 12.7. The van der Waals surface area contributed by atoms with Crippen molar-refractivity contribution < 1.29 is 14.4 Å². The van der Waals surface area contributed by atoms with Gasteiger partial charge in [0.05, 0.1) is 6.04 Å². The minimum Gasteiger partial charge on any atom is -0.352 e. The van der Waals surface area contributed by atoms with E-state index in [0.717, 1.165) is 11.3 Å². The highest BCUT2D eigenvalue weighted by Gasteiger charge is 2.71. The minimum atomic E-state index is -1.55. The number of anilines is 1. The average Bonchev–Trinajstić information content (AvgIpc) is 3.39. The van der Waals surface area contributed by atoms with Gasteiger partial charge in [-0.1, -0.05) is 90.0 Å². The molecule has 0 aromatic heterocycles. The van der Waals surface area contributed by atoms with E-state index in [0.29, 0.717) is 32.3 Å². The van der Waals surface area contributed by atoms with E-state index in [1.165, 1.54) is 0 Å². The number of para-hydroxylation sites is 1. The largest absolute Gasteiger partial charge is 0.352 e. The number of hydrogen-bond acceptors (Lipinski definition) is 4. The van der Waals surface area contributed by atoms with Crippen LogP contribution in [0.15, 0.2) is 103 Å². The first-order valence-corrected chi connectivity index (χ1v) is 13.5. The van der Waals surface area contributed by atoms with E-state index in [4.69, 9.17) is 23.2 Å². The van der Waals surface area contributed by atoms with Crippen LogP contribution in [-0.4, -0.2) is 29.4 Å². The van der Waals surface area contributed by atoms with Crippen LogP contribution >= 0.6 is 23.2 Å². The zero-order valence-electron chi connectivity index (χ0n) is 20.6. The van der Waals surface area contributed by atoms with Crippen LogP contribution in [0.2, 0.25) is 10.0 Å². The SMILES string of the molecule is O=C(c1ccc(Cl)cc1)[C@H]1[C@H](c2cccc(Cl)c2)C2(C(=O)c3ccccc3C2=O)[C@@H]2C=Cc3ccccc3N21. The Hall–Kier alpha value is -3.99. The van der Waals surface area contributed by atoms with Crippen molar-refractivity contribution in [3.05, 3.63) is 141 Å². The number of benzene rings is 4. The molecule has 2 heterocycles. The smallest absolute Gasteiger partial charge is 0.185 e. The third-order valence-corrected chi connectivity index (χ3v) is 8.81. The molecular formula is C33H21Cl2NO3. The zero-order chi connectivity index (χ0) is 26.9. The molecule has 6 heteroatoms. The summed E-state index contributed by atoms with van der Waals surface area (Å²) < 4.78 is 0. The maximum Gasteiger partial charge on any atom is 0.185 e. The molecule has 1 aliphatic carbocycles. The maximum absolute atomic E-state index is 14.6. The molecule has 4 nitrogen and oxygen atoms in total. The molecule has 0 amide bonds. The molecule has 0 radical (unpaired) electrons. The van der Waals surface area contributed by atoms with Crippen molar-refractivity contribution in [2.75, 3.05) is 4.90 Å². The quantitative estimate of drug-likeness (QED) is 0.198. The summed E-state index contributed by atoms with van der Waals surface area (Å²) >= 11 is 12.6. The van der Waals surface area contributed by atoms with Crippen LogP contribution in [0.1, 0.15) is 48.1 Å². The highest BCUT2D eigenvalue weighted by Crippen LogP contribution is 2.61. The molecule has 3 atom stereocenters. The predicted molar refractivity (Wildman–Crippen MR) is 153 cm³/mol. The molecule has 4 aromatic rings. The molecule has 1 spiro atoms. The van der Waals surface area contributed by atoms with Crippen molar-refractivity contribution in [3.63, 3.8) is 0 Å². The number of carbonyl (C=O) groups is 3. The summed E-state index contributed by atoms with van der Waals surface area (Å²) in [6.45, 7) is 0. The summed E-state index contributed by atoms with van der Waals surface area (Å²) in [5, 5.41) is 0.984. The Labute approximate surface area is 235 Å². The molecule has 4 aromatic carbocycles. The molecule has 1 saturated heterocycles. The monoisotopic (exact) mass is 549 g/mol. The number of halogens is 2. The van der Waals surface area contributed by atoms with Gasteiger partial charge >= 0.3 is 0 Å². The lowest BCUT2D eigenvalue weighted by atomic mass is 9.64. The van der Waals surface area contributed by atoms with Gasteiger partial charge in [-0.3, -0.25) is 14.4 Å². The van der Waals surface area contributed by atoms with Crippen LogP contribution < -0.4 is 4.90 Å². The van der Waals surface area contributed by atoms with Crippen LogP contribution in [0.3, 0.4) is 0 Å². The third kappa shape index (κ3) is 3.28. The van der Waals surface area contributed by atoms with Crippen molar-refractivity contribution in [3.8, 4) is 0 Å². The number of rotatable bonds is 3. The second-order valence-electron chi connectivity index (χ2n) is 10.2. The van der Waals surface area contributed by atoms with Crippen LogP contribution in [0.5, 0.6) is 0 Å². The lowest BCUT2D eigenvalue weighted by Crippen LogP contribution is -2.48. The van der Waals surface area contributed by atoms with Gasteiger partial charge in [0.15, 0.2) is 17.3 Å². The molecule has 7 rings (SSSR count). The summed E-state index contributed by atoms with van der Waals surface area (Å²) in [5.41, 5.74) is 2.07. The number of carbonyl (C=O) groups excluding carboxylic acids is 3. The number of hydrogen-bond donors (Lipinski definition) is 0. The normalized spacial score (nSPS) is 22.1. The van der Waals surface area contributed by atoms with Crippen molar-refractivity contribution in [1.82, 2.24) is 0 Å². The molecule has 2 aliphatic heterocycles. The van der Waals surface area contributed by atoms with E-state index in [2.05, 4.69) is 0 Å². The van der Waals surface area contributed by atoms with Gasteiger partial charge in [0, 0.05) is 38.3 Å². The van der Waals surface area contributed by atoms with Crippen molar-refractivity contribution in [2.24, 2.45) is 5.41 Å². The Kier molecular flexibility index (Phi) is 5.41. The van der Waals surface area contributed by atoms with Crippen molar-refractivity contribution in [2.45, 2.75) is 18.0 Å². The Morgan fingerprint density at radius 1 is 0.744 bits per heavy atom. The topological polar surface area (TPSA) is 54.5 Å². The van der Waals surface area contributed by atoms with Crippen molar-refractivity contribution >= 4 is 52.3 Å². The van der Waals surface area contributed by atoms with Gasteiger partial charge in [0.1, 0.15) is 11.5 Å². The number of nitrogens with zero attached hydrogens (tertiary/aromatic N) is 1.